The van der Waals surface area contributed by atoms with E-state index in [2.05, 4.69) is 15.9 Å². The van der Waals surface area contributed by atoms with Gasteiger partial charge in [-0.15, -0.1) is 6.54 Å². The summed E-state index contributed by atoms with van der Waals surface area (Å²) in [6.07, 6.45) is 0. The second-order valence-electron chi connectivity index (χ2n) is 1.86. The van der Waals surface area contributed by atoms with Gasteiger partial charge < -0.3 is 15.9 Å². The van der Waals surface area contributed by atoms with E-state index < -0.39 is 25.0 Å². The molecular weight excluding hydrogens is 218 g/mol. The molecule has 0 rings (SSSR count). The van der Waals surface area contributed by atoms with Crippen LogP contribution in [0.25, 0.3) is 5.73 Å². The summed E-state index contributed by atoms with van der Waals surface area (Å²) in [4.78, 5) is 12.7. The first-order chi connectivity index (χ1) is 5.58. The van der Waals surface area contributed by atoms with E-state index in [0.29, 0.717) is 17.4 Å². The zero-order chi connectivity index (χ0) is 9.98. The summed E-state index contributed by atoms with van der Waals surface area (Å²) in [6, 6.07) is 0. The second-order valence-corrected chi connectivity index (χ2v) is 4.28. The molecule has 12 heavy (non-hydrogen) atoms. The number of carboxylic acid groups (broad SMARTS) is 1. The minimum Gasteiger partial charge on any atom is -0.863 e. The van der Waals surface area contributed by atoms with Gasteiger partial charge in [0.15, 0.2) is 0 Å². The van der Waals surface area contributed by atoms with Crippen LogP contribution in [-0.4, -0.2) is 47.5 Å². The molecule has 0 aliphatic heterocycles. The van der Waals surface area contributed by atoms with Crippen molar-refractivity contribution in [2.75, 3.05) is 13.1 Å². The van der Waals surface area contributed by atoms with Gasteiger partial charge >= 0.3 is 34.3 Å². The summed E-state index contributed by atoms with van der Waals surface area (Å²) in [5, 5.41) is 18.0. The molecule has 0 aromatic rings. The quantitative estimate of drug-likeness (QED) is 0.408. The summed E-state index contributed by atoms with van der Waals surface area (Å²) in [7, 11) is 0. The summed E-state index contributed by atoms with van der Waals surface area (Å²) in [5.41, 5.74) is 11.0. The van der Waals surface area contributed by atoms with Gasteiger partial charge in [-0.2, -0.15) is 0 Å². The summed E-state index contributed by atoms with van der Waals surface area (Å²) >= 11 is 0.312. The largest absolute Gasteiger partial charge is 0.863 e. The average Bonchev–Trinajstić information content (AvgIpc) is 2.01. The Morgan fingerprint density at radius 1 is 1.67 bits per heavy atom. The molecule has 6 heteroatoms. The van der Waals surface area contributed by atoms with Crippen LogP contribution in [0.1, 0.15) is 0 Å². The summed E-state index contributed by atoms with van der Waals surface area (Å²) in [5.74, 6) is -1.85. The standard InChI is InChI=1S/C4H7N2O3.2CH3.Ga/c5-1-3(7)6-2-4(8)9;;;/h5H,1-2H2,(H,6,7)(H,8,9);2*1H3;/q-1;;;/p-1. The molecule has 2 N–H and O–H groups in total. The van der Waals surface area contributed by atoms with Crippen molar-refractivity contribution in [3.8, 4) is 0 Å². The Balaban J connectivity index is 0. The van der Waals surface area contributed by atoms with Gasteiger partial charge in [0.1, 0.15) is 6.54 Å². The molecule has 0 saturated carbocycles. The minimum absolute atomic E-state index is 0.312. The van der Waals surface area contributed by atoms with Crippen molar-refractivity contribution in [2.24, 2.45) is 4.99 Å². The molecule has 1 radical (unpaired) electrons. The molecule has 69 valence electrons. The number of rotatable bonds is 3. The van der Waals surface area contributed by atoms with Crippen LogP contribution >= 0.6 is 0 Å². The van der Waals surface area contributed by atoms with Gasteiger partial charge in [0, 0.05) is 0 Å². The normalized spacial score (nSPS) is 9.75. The molecule has 0 aromatic carbocycles. The van der Waals surface area contributed by atoms with Crippen LogP contribution < -0.4 is 5.11 Å². The molecule has 0 amide bonds. The first-order valence-electron chi connectivity index (χ1n) is 3.39. The number of aliphatic imine (C=N–C) groups is 1. The topological polar surface area (TPSA) is 96.5 Å². The van der Waals surface area contributed by atoms with Gasteiger partial charge in [-0.3, -0.25) is 9.79 Å². The first-order valence-corrected chi connectivity index (χ1v) is 8.23. The van der Waals surface area contributed by atoms with E-state index in [-0.39, 0.29) is 0 Å². The Kier molecular flexibility index (Phi) is 12.4. The Morgan fingerprint density at radius 2 is 2.08 bits per heavy atom. The van der Waals surface area contributed by atoms with Crippen LogP contribution in [0.15, 0.2) is 4.99 Å². The van der Waals surface area contributed by atoms with Gasteiger partial charge in [-0.05, 0) is 0 Å². The van der Waals surface area contributed by atoms with E-state index in [4.69, 9.17) is 10.8 Å². The van der Waals surface area contributed by atoms with Crippen molar-refractivity contribution in [1.29, 1.82) is 0 Å². The number of hydrogen-bond acceptors (Lipinski definition) is 3. The van der Waals surface area contributed by atoms with Crippen molar-refractivity contribution in [1.82, 2.24) is 0 Å². The molecule has 0 bridgehead atoms. The number of hydrogen-bond donors (Lipinski definition) is 1. The maximum absolute atomic E-state index is 10.1. The van der Waals surface area contributed by atoms with Crippen molar-refractivity contribution in [2.45, 2.75) is 11.0 Å². The van der Waals surface area contributed by atoms with E-state index in [1.807, 2.05) is 0 Å². The zero-order valence-electron chi connectivity index (χ0n) is 7.20. The predicted octanol–water partition coefficient (Wildman–Crippen LogP) is -0.331. The molecule has 0 heterocycles. The van der Waals surface area contributed by atoms with Gasteiger partial charge in [-0.1, -0.05) is 5.90 Å². The molecule has 0 aromatic heterocycles. The Hall–Kier alpha value is -0.464. The fourth-order valence-corrected chi connectivity index (χ4v) is 0.212. The van der Waals surface area contributed by atoms with Crippen LogP contribution in [0.4, 0.5) is 0 Å². The van der Waals surface area contributed by atoms with E-state index in [9.17, 15) is 9.90 Å². The maximum Gasteiger partial charge on any atom is 0.325 e. The summed E-state index contributed by atoms with van der Waals surface area (Å²) < 4.78 is 0. The minimum atomic E-state index is -1.16. The number of nitrogens with one attached hydrogen (secondary N) is 1. The van der Waals surface area contributed by atoms with Gasteiger partial charge in [0.05, 0.1) is 0 Å². The van der Waals surface area contributed by atoms with E-state index >= 15 is 0 Å². The van der Waals surface area contributed by atoms with Crippen molar-refractivity contribution in [3.63, 3.8) is 0 Å². The smallest absolute Gasteiger partial charge is 0.325 e. The molecular formula is C6H12GaN2O3-2. The molecule has 0 atom stereocenters. The third kappa shape index (κ3) is 16.3. The molecule has 0 fully saturated rings. The molecule has 0 spiro atoms. The van der Waals surface area contributed by atoms with Crippen molar-refractivity contribution < 1.29 is 15.0 Å². The van der Waals surface area contributed by atoms with Gasteiger partial charge in [0.2, 0.25) is 0 Å². The monoisotopic (exact) mass is 229 g/mol. The molecule has 0 unspecified atom stereocenters. The Labute approximate surface area is 79.5 Å². The third-order valence-electron chi connectivity index (χ3n) is 0.542. The predicted molar refractivity (Wildman–Crippen MR) is 46.6 cm³/mol. The third-order valence-corrected chi connectivity index (χ3v) is 0.542. The van der Waals surface area contributed by atoms with Crippen LogP contribution in [0.2, 0.25) is 11.0 Å². The van der Waals surface area contributed by atoms with Gasteiger partial charge in [0.25, 0.3) is 0 Å². The van der Waals surface area contributed by atoms with Crippen LogP contribution in [0.3, 0.4) is 0 Å². The second kappa shape index (κ2) is 10.5. The Morgan fingerprint density at radius 3 is 2.33 bits per heavy atom. The van der Waals surface area contributed by atoms with Crippen molar-refractivity contribution >= 4 is 29.3 Å². The molecule has 0 saturated heterocycles. The SMILES string of the molecule is [CH3][Ga][CH3].[NH-]CC([O-])=NCC(=O)O. The van der Waals surface area contributed by atoms with E-state index in [1.165, 1.54) is 0 Å². The maximum atomic E-state index is 10.1. The molecule has 0 aliphatic carbocycles. The molecule has 0 aliphatic rings. The Bertz CT molecular complexity index is 150. The van der Waals surface area contributed by atoms with Crippen molar-refractivity contribution in [3.05, 3.63) is 5.73 Å². The number of aliphatic carboxylic acids is 1. The fraction of sp³-hybridized carbons (Fsp3) is 0.667. The van der Waals surface area contributed by atoms with Gasteiger partial charge in [-0.25, -0.2) is 0 Å². The van der Waals surface area contributed by atoms with Crippen LogP contribution in [0.5, 0.6) is 0 Å². The number of nitrogens with zero attached hydrogens (tertiary/aromatic N) is 1. The first kappa shape index (κ1) is 14.1. The van der Waals surface area contributed by atoms with Crippen LogP contribution in [-0.2, 0) is 4.79 Å². The average molecular weight is 230 g/mol. The fourth-order valence-electron chi connectivity index (χ4n) is 0.212. The number of carbonyl (C=O) groups is 1. The van der Waals surface area contributed by atoms with Crippen LogP contribution in [0, 0.1) is 0 Å². The number of carboxylic acids is 1. The van der Waals surface area contributed by atoms with E-state index in [0.717, 1.165) is 0 Å². The van der Waals surface area contributed by atoms with E-state index in [1.54, 1.807) is 0 Å². The summed E-state index contributed by atoms with van der Waals surface area (Å²) in [6.45, 7) is -1.01. The zero-order valence-corrected chi connectivity index (χ0v) is 9.63. The molecule has 5 nitrogen and oxygen atoms in total.